The minimum absolute atomic E-state index is 0.0594. The summed E-state index contributed by atoms with van der Waals surface area (Å²) in [4.78, 5) is 24.2. The third-order valence-corrected chi connectivity index (χ3v) is 6.55. The van der Waals surface area contributed by atoms with E-state index < -0.39 is 0 Å². The van der Waals surface area contributed by atoms with Crippen LogP contribution in [0.15, 0.2) is 24.3 Å². The van der Waals surface area contributed by atoms with Crippen LogP contribution >= 0.6 is 0 Å². The van der Waals surface area contributed by atoms with Crippen LogP contribution in [0, 0.1) is 17.8 Å². The highest BCUT2D eigenvalue weighted by Gasteiger charge is 2.51. The highest BCUT2D eigenvalue weighted by molar-refractivity contribution is 5.80. The Morgan fingerprint density at radius 2 is 1.46 bits per heavy atom. The van der Waals surface area contributed by atoms with E-state index in [1.165, 1.54) is 45.6 Å². The molecule has 4 bridgehead atoms. The summed E-state index contributed by atoms with van der Waals surface area (Å²) in [6, 6.07) is 7.52. The smallest absolute Gasteiger partial charge is 0.250 e. The van der Waals surface area contributed by atoms with E-state index in [4.69, 9.17) is 5.21 Å². The van der Waals surface area contributed by atoms with Crippen molar-refractivity contribution >= 4 is 11.8 Å². The molecule has 0 spiro atoms. The zero-order valence-electron chi connectivity index (χ0n) is 15.4. The third-order valence-electron chi connectivity index (χ3n) is 6.55. The van der Waals surface area contributed by atoms with E-state index >= 15 is 0 Å². The minimum atomic E-state index is -0.350. The molecular formula is C21H28N2O3. The molecule has 0 aromatic heterocycles. The molecule has 5 rings (SSSR count). The Morgan fingerprint density at radius 3 is 1.92 bits per heavy atom. The number of amides is 2. The van der Waals surface area contributed by atoms with Gasteiger partial charge in [0.15, 0.2) is 0 Å². The van der Waals surface area contributed by atoms with E-state index in [1.807, 2.05) is 24.3 Å². The molecule has 0 heterocycles. The molecule has 4 aliphatic rings. The summed E-state index contributed by atoms with van der Waals surface area (Å²) in [5.74, 6) is 2.23. The maximum Gasteiger partial charge on any atom is 0.250 e. The van der Waals surface area contributed by atoms with E-state index in [2.05, 4.69) is 5.32 Å². The number of nitrogens with zero attached hydrogens (tertiary/aromatic N) is 1. The molecule has 2 N–H and O–H groups in total. The Hall–Kier alpha value is -1.88. The number of carbonyl (C=O) groups excluding carboxylic acids is 2. The first kappa shape index (κ1) is 17.5. The van der Waals surface area contributed by atoms with Crippen molar-refractivity contribution in [2.75, 3.05) is 7.05 Å². The lowest BCUT2D eigenvalue weighted by Gasteiger charge is -2.56. The second-order valence-corrected chi connectivity index (χ2v) is 8.83. The molecule has 4 aliphatic carbocycles. The van der Waals surface area contributed by atoms with Gasteiger partial charge in [0, 0.05) is 12.6 Å². The average Bonchev–Trinajstić information content (AvgIpc) is 2.54. The van der Waals surface area contributed by atoms with Gasteiger partial charge in [0.1, 0.15) is 0 Å². The predicted molar refractivity (Wildman–Crippen MR) is 97.5 cm³/mol. The molecule has 26 heavy (non-hydrogen) atoms. The first-order chi connectivity index (χ1) is 12.4. The monoisotopic (exact) mass is 356 g/mol. The summed E-state index contributed by atoms with van der Waals surface area (Å²) in [6.07, 6.45) is 8.17. The lowest BCUT2D eigenvalue weighted by Crippen LogP contribution is -2.60. The van der Waals surface area contributed by atoms with Gasteiger partial charge in [-0.05, 0) is 67.4 Å². The Bertz CT molecular complexity index is 660. The highest BCUT2D eigenvalue weighted by Crippen LogP contribution is 2.55. The van der Waals surface area contributed by atoms with Crippen molar-refractivity contribution in [3.05, 3.63) is 35.4 Å². The molecule has 1 aromatic carbocycles. The summed E-state index contributed by atoms with van der Waals surface area (Å²) in [5.41, 5.74) is 1.85. The maximum atomic E-state index is 12.6. The van der Waals surface area contributed by atoms with Crippen molar-refractivity contribution in [2.24, 2.45) is 17.8 Å². The van der Waals surface area contributed by atoms with Crippen molar-refractivity contribution in [1.82, 2.24) is 10.4 Å². The maximum absolute atomic E-state index is 12.6. The summed E-state index contributed by atoms with van der Waals surface area (Å²) in [6.45, 7) is 0. The predicted octanol–water partition coefficient (Wildman–Crippen LogP) is 2.70. The van der Waals surface area contributed by atoms with Gasteiger partial charge in [-0.25, -0.2) is 5.06 Å². The number of hydrogen-bond donors (Lipinski definition) is 2. The first-order valence-electron chi connectivity index (χ1n) is 9.75. The Balaban J connectivity index is 1.34. The fraction of sp³-hybridized carbons (Fsp3) is 0.619. The van der Waals surface area contributed by atoms with Gasteiger partial charge < -0.3 is 5.32 Å². The van der Waals surface area contributed by atoms with E-state index in [0.717, 1.165) is 28.9 Å². The van der Waals surface area contributed by atoms with Crippen molar-refractivity contribution in [3.8, 4) is 0 Å². The van der Waals surface area contributed by atoms with Gasteiger partial charge in [0.05, 0.1) is 12.8 Å². The third kappa shape index (κ3) is 3.63. The summed E-state index contributed by atoms with van der Waals surface area (Å²) in [7, 11) is 1.32. The minimum Gasteiger partial charge on any atom is -0.350 e. The van der Waals surface area contributed by atoms with E-state index in [9.17, 15) is 9.59 Å². The van der Waals surface area contributed by atoms with Crippen LogP contribution in [-0.2, 0) is 22.4 Å². The van der Waals surface area contributed by atoms with Crippen molar-refractivity contribution in [1.29, 1.82) is 0 Å². The van der Waals surface area contributed by atoms with Crippen molar-refractivity contribution in [3.63, 3.8) is 0 Å². The zero-order chi connectivity index (χ0) is 18.3. The number of likely N-dealkylation sites (N-methyl/N-ethyl adjacent to an activating group) is 1. The standard InChI is InChI=1S/C21H28N2O3/c1-23(26)20(25)10-15-4-2-14(3-5-15)9-19(24)22-21-11-16-6-17(12-21)8-18(7-16)13-21/h2-5,16-18,26H,6-13H2,1H3,(H,22,24). The Morgan fingerprint density at radius 1 is 1.00 bits per heavy atom. The SMILES string of the molecule is CN(O)C(=O)Cc1ccc(CC(=O)NC23CC4CC(CC(C4)C2)C3)cc1. The molecule has 4 fully saturated rings. The Labute approximate surface area is 154 Å². The molecule has 0 atom stereocenters. The van der Waals surface area contributed by atoms with Crippen molar-refractivity contribution < 1.29 is 14.8 Å². The molecule has 0 radical (unpaired) electrons. The molecule has 5 nitrogen and oxygen atoms in total. The number of rotatable bonds is 5. The summed E-state index contributed by atoms with van der Waals surface area (Å²) in [5, 5.41) is 13.1. The molecule has 2 amide bonds. The quantitative estimate of drug-likeness (QED) is 0.629. The van der Waals surface area contributed by atoms with Gasteiger partial charge in [-0.1, -0.05) is 24.3 Å². The normalized spacial score (nSPS) is 31.7. The molecule has 4 saturated carbocycles. The van der Waals surface area contributed by atoms with Crippen LogP contribution in [0.4, 0.5) is 0 Å². The van der Waals surface area contributed by atoms with E-state index in [1.54, 1.807) is 0 Å². The number of hydrogen-bond acceptors (Lipinski definition) is 3. The van der Waals surface area contributed by atoms with Crippen LogP contribution in [-0.4, -0.2) is 34.7 Å². The number of nitrogens with one attached hydrogen (secondary N) is 1. The van der Waals surface area contributed by atoms with Gasteiger partial charge in [0.25, 0.3) is 0 Å². The average molecular weight is 356 g/mol. The largest absolute Gasteiger partial charge is 0.350 e. The van der Waals surface area contributed by atoms with Gasteiger partial charge >= 0.3 is 0 Å². The number of carbonyl (C=O) groups is 2. The van der Waals surface area contributed by atoms with Gasteiger partial charge in [-0.15, -0.1) is 0 Å². The molecular weight excluding hydrogens is 328 g/mol. The van der Waals surface area contributed by atoms with Crippen LogP contribution in [0.25, 0.3) is 0 Å². The van der Waals surface area contributed by atoms with Crippen LogP contribution in [0.3, 0.4) is 0 Å². The fourth-order valence-corrected chi connectivity index (χ4v) is 5.85. The molecule has 1 aromatic rings. The lowest BCUT2D eigenvalue weighted by molar-refractivity contribution is -0.158. The molecule has 5 heteroatoms. The molecule has 0 saturated heterocycles. The number of benzene rings is 1. The van der Waals surface area contributed by atoms with Gasteiger partial charge in [-0.2, -0.15) is 0 Å². The topological polar surface area (TPSA) is 69.6 Å². The van der Waals surface area contributed by atoms with E-state index in [0.29, 0.717) is 11.5 Å². The van der Waals surface area contributed by atoms with Gasteiger partial charge in [-0.3, -0.25) is 14.8 Å². The molecule has 0 unspecified atom stereocenters. The second kappa shape index (κ2) is 6.69. The molecule has 0 aliphatic heterocycles. The van der Waals surface area contributed by atoms with Gasteiger partial charge in [0.2, 0.25) is 11.8 Å². The van der Waals surface area contributed by atoms with Crippen LogP contribution in [0.2, 0.25) is 0 Å². The van der Waals surface area contributed by atoms with Crippen LogP contribution < -0.4 is 5.32 Å². The van der Waals surface area contributed by atoms with Crippen LogP contribution in [0.5, 0.6) is 0 Å². The second-order valence-electron chi connectivity index (χ2n) is 8.83. The van der Waals surface area contributed by atoms with E-state index in [-0.39, 0.29) is 23.8 Å². The Kier molecular flexibility index (Phi) is 4.51. The molecule has 140 valence electrons. The van der Waals surface area contributed by atoms with Crippen LogP contribution in [0.1, 0.15) is 49.7 Å². The lowest BCUT2D eigenvalue weighted by atomic mass is 9.53. The summed E-state index contributed by atoms with van der Waals surface area (Å²) < 4.78 is 0. The summed E-state index contributed by atoms with van der Waals surface area (Å²) >= 11 is 0. The van der Waals surface area contributed by atoms with Crippen molar-refractivity contribution in [2.45, 2.75) is 56.9 Å². The number of hydroxylamine groups is 2. The first-order valence-corrected chi connectivity index (χ1v) is 9.75. The highest BCUT2D eigenvalue weighted by atomic mass is 16.5. The fourth-order valence-electron chi connectivity index (χ4n) is 5.85. The zero-order valence-corrected chi connectivity index (χ0v) is 15.4.